The highest BCUT2D eigenvalue weighted by Gasteiger charge is 2.12. The van der Waals surface area contributed by atoms with Crippen molar-refractivity contribution in [3.8, 4) is 5.75 Å². The molecule has 2 N–H and O–H groups in total. The molecule has 0 aliphatic rings. The number of methoxy groups -OCH3 is 1. The number of pyridine rings is 1. The molecule has 3 heteroatoms. The fourth-order valence-corrected chi connectivity index (χ4v) is 2.24. The van der Waals surface area contributed by atoms with Crippen molar-refractivity contribution in [2.24, 2.45) is 5.73 Å². The number of hydrogen-bond donors (Lipinski definition) is 1. The van der Waals surface area contributed by atoms with E-state index >= 15 is 0 Å². The highest BCUT2D eigenvalue weighted by atomic mass is 16.5. The summed E-state index contributed by atoms with van der Waals surface area (Å²) in [5.74, 6) is 1.24. The summed E-state index contributed by atoms with van der Waals surface area (Å²) >= 11 is 0. The van der Waals surface area contributed by atoms with E-state index in [0.29, 0.717) is 12.5 Å². The van der Waals surface area contributed by atoms with E-state index in [-0.39, 0.29) is 0 Å². The third-order valence-electron chi connectivity index (χ3n) is 3.35. The molecule has 0 amide bonds. The number of para-hydroxylation sites is 1. The fraction of sp³-hybridized carbons (Fsp3) is 0.312. The quantitative estimate of drug-likeness (QED) is 0.864. The first-order chi connectivity index (χ1) is 9.35. The van der Waals surface area contributed by atoms with Crippen LogP contribution in [-0.2, 0) is 6.42 Å². The smallest absolute Gasteiger partial charge is 0.122 e. The first-order valence-electron chi connectivity index (χ1n) is 6.58. The van der Waals surface area contributed by atoms with Crippen LogP contribution in [-0.4, -0.2) is 18.6 Å². The molecule has 0 saturated carbocycles. The summed E-state index contributed by atoms with van der Waals surface area (Å²) in [5, 5.41) is 0. The van der Waals surface area contributed by atoms with Crippen LogP contribution in [0.5, 0.6) is 5.75 Å². The van der Waals surface area contributed by atoms with Gasteiger partial charge in [0.2, 0.25) is 0 Å². The third kappa shape index (κ3) is 3.55. The minimum Gasteiger partial charge on any atom is -0.496 e. The molecule has 1 atom stereocenters. The second-order valence-corrected chi connectivity index (χ2v) is 4.54. The third-order valence-corrected chi connectivity index (χ3v) is 3.35. The van der Waals surface area contributed by atoms with E-state index in [9.17, 15) is 0 Å². The van der Waals surface area contributed by atoms with Crippen LogP contribution in [0, 0.1) is 0 Å². The van der Waals surface area contributed by atoms with Crippen LogP contribution in [0.15, 0.2) is 48.7 Å². The Kier molecular flexibility index (Phi) is 4.93. The number of nitrogens with zero attached hydrogens (tertiary/aromatic N) is 1. The predicted octanol–water partition coefficient (Wildman–Crippen LogP) is 2.77. The van der Waals surface area contributed by atoms with Gasteiger partial charge in [-0.15, -0.1) is 0 Å². The van der Waals surface area contributed by atoms with Gasteiger partial charge in [0.25, 0.3) is 0 Å². The molecule has 0 bridgehead atoms. The lowest BCUT2D eigenvalue weighted by atomic mass is 9.95. The lowest BCUT2D eigenvalue weighted by Crippen LogP contribution is -2.14. The summed E-state index contributed by atoms with van der Waals surface area (Å²) < 4.78 is 5.37. The van der Waals surface area contributed by atoms with Gasteiger partial charge in [0, 0.05) is 24.4 Å². The van der Waals surface area contributed by atoms with E-state index in [1.807, 2.05) is 42.6 Å². The van der Waals surface area contributed by atoms with Gasteiger partial charge < -0.3 is 10.5 Å². The summed E-state index contributed by atoms with van der Waals surface area (Å²) in [7, 11) is 1.71. The first kappa shape index (κ1) is 13.6. The maximum Gasteiger partial charge on any atom is 0.122 e. The van der Waals surface area contributed by atoms with Gasteiger partial charge in [-0.25, -0.2) is 0 Å². The maximum atomic E-state index is 5.87. The molecule has 3 nitrogen and oxygen atoms in total. The van der Waals surface area contributed by atoms with E-state index < -0.39 is 0 Å². The van der Waals surface area contributed by atoms with Gasteiger partial charge in [0.05, 0.1) is 7.11 Å². The summed E-state index contributed by atoms with van der Waals surface area (Å²) in [6.45, 7) is 0.617. The number of ether oxygens (including phenoxy) is 1. The Balaban J connectivity index is 2.04. The lowest BCUT2D eigenvalue weighted by Gasteiger charge is -2.15. The maximum absolute atomic E-state index is 5.87. The van der Waals surface area contributed by atoms with Gasteiger partial charge >= 0.3 is 0 Å². The second-order valence-electron chi connectivity index (χ2n) is 4.54. The largest absolute Gasteiger partial charge is 0.496 e. The molecule has 2 aromatic rings. The molecule has 1 unspecified atom stereocenters. The minimum atomic E-state index is 0.297. The van der Waals surface area contributed by atoms with Crippen molar-refractivity contribution in [3.63, 3.8) is 0 Å². The highest BCUT2D eigenvalue weighted by molar-refractivity contribution is 5.33. The molecule has 0 aliphatic heterocycles. The van der Waals surface area contributed by atoms with E-state index in [1.54, 1.807) is 7.11 Å². The van der Waals surface area contributed by atoms with E-state index in [2.05, 4.69) is 11.1 Å². The number of hydrogen-bond acceptors (Lipinski definition) is 3. The van der Waals surface area contributed by atoms with E-state index in [4.69, 9.17) is 10.5 Å². The van der Waals surface area contributed by atoms with Crippen LogP contribution in [0.4, 0.5) is 0 Å². The summed E-state index contributed by atoms with van der Waals surface area (Å²) in [6, 6.07) is 14.1. The summed E-state index contributed by atoms with van der Waals surface area (Å²) in [6.07, 6.45) is 3.75. The van der Waals surface area contributed by atoms with E-state index in [0.717, 1.165) is 24.3 Å². The fourth-order valence-electron chi connectivity index (χ4n) is 2.24. The zero-order valence-corrected chi connectivity index (χ0v) is 11.3. The molecular weight excluding hydrogens is 236 g/mol. The molecule has 0 radical (unpaired) electrons. The van der Waals surface area contributed by atoms with Crippen LogP contribution < -0.4 is 10.5 Å². The summed E-state index contributed by atoms with van der Waals surface area (Å²) in [5.41, 5.74) is 8.16. The average molecular weight is 256 g/mol. The SMILES string of the molecule is COc1ccccc1CCC(CN)c1ccccn1. The Morgan fingerprint density at radius 2 is 1.95 bits per heavy atom. The Hall–Kier alpha value is -1.87. The van der Waals surface area contributed by atoms with Gasteiger partial charge in [-0.05, 0) is 36.6 Å². The standard InChI is InChI=1S/C16H20N2O/c1-19-16-8-3-2-6-13(16)9-10-14(12-17)15-7-4-5-11-18-15/h2-8,11,14H,9-10,12,17H2,1H3. The normalized spacial score (nSPS) is 12.1. The number of nitrogens with two attached hydrogens (primary N) is 1. The zero-order chi connectivity index (χ0) is 13.5. The van der Waals surface area contributed by atoms with Crippen molar-refractivity contribution < 1.29 is 4.74 Å². The first-order valence-corrected chi connectivity index (χ1v) is 6.58. The molecule has 19 heavy (non-hydrogen) atoms. The molecule has 2 rings (SSSR count). The van der Waals surface area contributed by atoms with Gasteiger partial charge in [0.1, 0.15) is 5.75 Å². The van der Waals surface area contributed by atoms with Crippen LogP contribution in [0.1, 0.15) is 23.6 Å². The van der Waals surface area contributed by atoms with Gasteiger partial charge in [-0.1, -0.05) is 24.3 Å². The van der Waals surface area contributed by atoms with Crippen molar-refractivity contribution in [1.82, 2.24) is 4.98 Å². The van der Waals surface area contributed by atoms with Crippen LogP contribution in [0.25, 0.3) is 0 Å². The van der Waals surface area contributed by atoms with Crippen LogP contribution in [0.2, 0.25) is 0 Å². The van der Waals surface area contributed by atoms with Crippen molar-refractivity contribution >= 4 is 0 Å². The molecule has 1 aromatic heterocycles. The monoisotopic (exact) mass is 256 g/mol. The van der Waals surface area contributed by atoms with E-state index in [1.165, 1.54) is 5.56 Å². The highest BCUT2D eigenvalue weighted by Crippen LogP contribution is 2.23. The van der Waals surface area contributed by atoms with Gasteiger partial charge in [-0.3, -0.25) is 4.98 Å². The van der Waals surface area contributed by atoms with Crippen molar-refractivity contribution in [2.75, 3.05) is 13.7 Å². The lowest BCUT2D eigenvalue weighted by molar-refractivity contribution is 0.408. The molecular formula is C16H20N2O. The average Bonchev–Trinajstić information content (AvgIpc) is 2.49. The summed E-state index contributed by atoms with van der Waals surface area (Å²) in [4.78, 5) is 4.39. The molecule has 0 aliphatic carbocycles. The molecule has 0 saturated heterocycles. The number of benzene rings is 1. The van der Waals surface area contributed by atoms with Gasteiger partial charge in [-0.2, -0.15) is 0 Å². The zero-order valence-electron chi connectivity index (χ0n) is 11.3. The number of aromatic nitrogens is 1. The number of aryl methyl sites for hydroxylation is 1. The number of rotatable bonds is 6. The van der Waals surface area contributed by atoms with Crippen molar-refractivity contribution in [3.05, 3.63) is 59.9 Å². The Morgan fingerprint density at radius 1 is 1.16 bits per heavy atom. The predicted molar refractivity (Wildman–Crippen MR) is 77.3 cm³/mol. The van der Waals surface area contributed by atoms with Crippen LogP contribution >= 0.6 is 0 Å². The Morgan fingerprint density at radius 3 is 2.63 bits per heavy atom. The van der Waals surface area contributed by atoms with Crippen molar-refractivity contribution in [1.29, 1.82) is 0 Å². The minimum absolute atomic E-state index is 0.297. The Labute approximate surface area is 114 Å². The van der Waals surface area contributed by atoms with Crippen LogP contribution in [0.3, 0.4) is 0 Å². The Bertz CT molecular complexity index is 499. The molecule has 1 heterocycles. The molecule has 1 aromatic carbocycles. The van der Waals surface area contributed by atoms with Gasteiger partial charge in [0.15, 0.2) is 0 Å². The molecule has 0 fully saturated rings. The topological polar surface area (TPSA) is 48.1 Å². The molecule has 100 valence electrons. The second kappa shape index (κ2) is 6.90. The van der Waals surface area contributed by atoms with Crippen molar-refractivity contribution in [2.45, 2.75) is 18.8 Å². The molecule has 0 spiro atoms.